The summed E-state index contributed by atoms with van der Waals surface area (Å²) in [5.74, 6) is 2.89. The average Bonchev–Trinajstić information content (AvgIpc) is 3.05. The summed E-state index contributed by atoms with van der Waals surface area (Å²) in [6.45, 7) is 7.15. The van der Waals surface area contributed by atoms with Gasteiger partial charge in [0.25, 0.3) is 0 Å². The average molecular weight is 405 g/mol. The van der Waals surface area contributed by atoms with Crippen molar-refractivity contribution in [1.29, 1.82) is 0 Å². The van der Waals surface area contributed by atoms with Gasteiger partial charge >= 0.3 is 5.97 Å². The first kappa shape index (κ1) is 21.4. The van der Waals surface area contributed by atoms with Gasteiger partial charge in [-0.15, -0.1) is 0 Å². The van der Waals surface area contributed by atoms with Crippen molar-refractivity contribution < 1.29 is 19.7 Å². The van der Waals surface area contributed by atoms with Crippen molar-refractivity contribution in [3.05, 3.63) is 12.2 Å². The molecule has 0 aromatic rings. The van der Waals surface area contributed by atoms with Gasteiger partial charge in [0, 0.05) is 6.08 Å². The van der Waals surface area contributed by atoms with Gasteiger partial charge in [-0.1, -0.05) is 26.8 Å². The zero-order valence-corrected chi connectivity index (χ0v) is 18.6. The standard InChI is InChI=1S/C25H40O4/c1-15(5-8-23(28)29-4)18-6-7-19-17-14-22(27)21-13-16(26)9-11-25(21,3)20(17)10-12-24(18,19)2/h5,8,15-22,26-27H,6-7,9-14H2,1-4H3/b8-5+/t15-,16-,17+,18-,19+,20+,21+,22+,24-,25-/m1/s1. The minimum absolute atomic E-state index is 0.178. The van der Waals surface area contributed by atoms with Crippen LogP contribution in [0.15, 0.2) is 12.2 Å². The number of methoxy groups -OCH3 is 1. The van der Waals surface area contributed by atoms with Crippen LogP contribution in [0.1, 0.15) is 72.1 Å². The zero-order chi connectivity index (χ0) is 21.0. The van der Waals surface area contributed by atoms with E-state index in [-0.39, 0.29) is 34.9 Å². The van der Waals surface area contributed by atoms with Crippen molar-refractivity contribution in [2.24, 2.45) is 46.3 Å². The maximum atomic E-state index is 11.6. The molecular formula is C25H40O4. The zero-order valence-electron chi connectivity index (χ0n) is 18.6. The lowest BCUT2D eigenvalue weighted by molar-refractivity contribution is -0.171. The fraction of sp³-hybridized carbons (Fsp3) is 0.880. The lowest BCUT2D eigenvalue weighted by Crippen LogP contribution is -2.58. The number of carbonyl (C=O) groups excluding carboxylic acids is 1. The Kier molecular flexibility index (Phi) is 5.65. The van der Waals surface area contributed by atoms with Crippen molar-refractivity contribution >= 4 is 5.97 Å². The second kappa shape index (κ2) is 7.67. The third-order valence-corrected chi connectivity index (χ3v) is 10.1. The van der Waals surface area contributed by atoms with Gasteiger partial charge in [0.1, 0.15) is 0 Å². The van der Waals surface area contributed by atoms with E-state index < -0.39 is 0 Å². The molecule has 10 atom stereocenters. The number of esters is 1. The summed E-state index contributed by atoms with van der Waals surface area (Å²) in [5.41, 5.74) is 0.468. The number of rotatable bonds is 3. The normalized spacial score (nSPS) is 50.5. The fourth-order valence-corrected chi connectivity index (χ4v) is 8.62. The molecule has 29 heavy (non-hydrogen) atoms. The molecule has 4 saturated carbocycles. The Hall–Kier alpha value is -0.870. The summed E-state index contributed by atoms with van der Waals surface area (Å²) in [6, 6.07) is 0. The van der Waals surface area contributed by atoms with Crippen molar-refractivity contribution in [2.45, 2.75) is 84.3 Å². The molecule has 0 radical (unpaired) electrons. The summed E-state index contributed by atoms with van der Waals surface area (Å²) < 4.78 is 4.78. The van der Waals surface area contributed by atoms with Crippen molar-refractivity contribution in [3.63, 3.8) is 0 Å². The van der Waals surface area contributed by atoms with E-state index in [9.17, 15) is 15.0 Å². The quantitative estimate of drug-likeness (QED) is 0.542. The first-order chi connectivity index (χ1) is 13.7. The molecule has 4 aliphatic rings. The first-order valence-corrected chi connectivity index (χ1v) is 11.8. The Balaban J connectivity index is 1.55. The Morgan fingerprint density at radius 1 is 1.00 bits per heavy atom. The number of aliphatic hydroxyl groups excluding tert-OH is 2. The minimum atomic E-state index is -0.269. The Bertz CT molecular complexity index is 659. The molecule has 0 heterocycles. The summed E-state index contributed by atoms with van der Waals surface area (Å²) in [4.78, 5) is 11.6. The Morgan fingerprint density at radius 3 is 2.41 bits per heavy atom. The smallest absolute Gasteiger partial charge is 0.330 e. The van der Waals surface area contributed by atoms with Gasteiger partial charge < -0.3 is 14.9 Å². The summed E-state index contributed by atoms with van der Waals surface area (Å²) in [6.07, 6.45) is 11.7. The van der Waals surface area contributed by atoms with Gasteiger partial charge in [-0.25, -0.2) is 4.79 Å². The third-order valence-electron chi connectivity index (χ3n) is 10.1. The van der Waals surface area contributed by atoms with Crippen LogP contribution in [0.2, 0.25) is 0 Å². The van der Waals surface area contributed by atoms with E-state index in [2.05, 4.69) is 20.8 Å². The fourth-order valence-electron chi connectivity index (χ4n) is 8.62. The maximum absolute atomic E-state index is 11.6. The number of hydrogen-bond acceptors (Lipinski definition) is 4. The van der Waals surface area contributed by atoms with E-state index in [0.29, 0.717) is 29.6 Å². The van der Waals surface area contributed by atoms with Gasteiger partial charge in [0.2, 0.25) is 0 Å². The van der Waals surface area contributed by atoms with Gasteiger partial charge in [0.05, 0.1) is 19.3 Å². The second-order valence-electron chi connectivity index (χ2n) is 11.2. The number of carbonyl (C=O) groups is 1. The van der Waals surface area contributed by atoms with E-state index in [1.54, 1.807) is 6.08 Å². The molecule has 0 bridgehead atoms. The first-order valence-electron chi connectivity index (χ1n) is 11.8. The molecular weight excluding hydrogens is 364 g/mol. The second-order valence-corrected chi connectivity index (χ2v) is 11.2. The topological polar surface area (TPSA) is 66.8 Å². The molecule has 0 unspecified atom stereocenters. The summed E-state index contributed by atoms with van der Waals surface area (Å²) in [5, 5.41) is 21.3. The van der Waals surface area contributed by atoms with Crippen LogP contribution in [-0.4, -0.2) is 35.5 Å². The van der Waals surface area contributed by atoms with Crippen LogP contribution in [0.5, 0.6) is 0 Å². The van der Waals surface area contributed by atoms with Crippen LogP contribution in [0.4, 0.5) is 0 Å². The highest BCUT2D eigenvalue weighted by molar-refractivity contribution is 5.81. The van der Waals surface area contributed by atoms with Crippen molar-refractivity contribution in [1.82, 2.24) is 0 Å². The molecule has 4 rings (SSSR count). The van der Waals surface area contributed by atoms with E-state index in [4.69, 9.17) is 4.74 Å². The molecule has 0 amide bonds. The Labute approximate surface area is 176 Å². The SMILES string of the molecule is COC(=O)/C=C/[C@@H](C)[C@H]1CC[C@H]2[C@@H]3C[C@H](O)[C@@H]4C[C@H](O)CC[C@]4(C)[C@H]3CC[C@]12C. The highest BCUT2D eigenvalue weighted by atomic mass is 16.5. The van der Waals surface area contributed by atoms with Crippen LogP contribution in [0.3, 0.4) is 0 Å². The van der Waals surface area contributed by atoms with E-state index >= 15 is 0 Å². The monoisotopic (exact) mass is 404 g/mol. The lowest BCUT2D eigenvalue weighted by Gasteiger charge is -2.62. The maximum Gasteiger partial charge on any atom is 0.330 e. The van der Waals surface area contributed by atoms with Gasteiger partial charge in [-0.3, -0.25) is 0 Å². The van der Waals surface area contributed by atoms with Crippen LogP contribution < -0.4 is 0 Å². The van der Waals surface area contributed by atoms with Gasteiger partial charge in [0.15, 0.2) is 0 Å². The molecule has 0 spiro atoms. The predicted octanol–water partition coefficient (Wildman–Crippen LogP) is 4.34. The molecule has 0 aliphatic heterocycles. The molecule has 4 nitrogen and oxygen atoms in total. The lowest BCUT2D eigenvalue weighted by atomic mass is 9.44. The van der Waals surface area contributed by atoms with E-state index in [0.717, 1.165) is 25.7 Å². The molecule has 0 aromatic carbocycles. The van der Waals surface area contributed by atoms with Crippen LogP contribution in [0, 0.1) is 46.3 Å². The predicted molar refractivity (Wildman–Crippen MR) is 113 cm³/mol. The molecule has 4 fully saturated rings. The largest absolute Gasteiger partial charge is 0.466 e. The molecule has 4 aliphatic carbocycles. The molecule has 2 N–H and O–H groups in total. The number of aliphatic hydroxyl groups is 2. The number of ether oxygens (including phenoxy) is 1. The number of fused-ring (bicyclic) bond motifs is 5. The Morgan fingerprint density at radius 2 is 1.69 bits per heavy atom. The number of allylic oxidation sites excluding steroid dienone is 1. The van der Waals surface area contributed by atoms with Crippen molar-refractivity contribution in [3.8, 4) is 0 Å². The molecule has 0 saturated heterocycles. The molecule has 0 aromatic heterocycles. The van der Waals surface area contributed by atoms with Crippen molar-refractivity contribution in [2.75, 3.05) is 7.11 Å². The van der Waals surface area contributed by atoms with E-state index in [1.807, 2.05) is 6.08 Å². The van der Waals surface area contributed by atoms with Gasteiger partial charge in [-0.2, -0.15) is 0 Å². The van der Waals surface area contributed by atoms with E-state index in [1.165, 1.54) is 32.8 Å². The number of hydrogen-bond donors (Lipinski definition) is 2. The molecule has 164 valence electrons. The molecule has 4 heteroatoms. The van der Waals surface area contributed by atoms with Crippen LogP contribution in [-0.2, 0) is 9.53 Å². The van der Waals surface area contributed by atoms with Gasteiger partial charge in [-0.05, 0) is 97.7 Å². The highest BCUT2D eigenvalue weighted by Gasteiger charge is 2.62. The summed E-state index contributed by atoms with van der Waals surface area (Å²) in [7, 11) is 1.43. The highest BCUT2D eigenvalue weighted by Crippen LogP contribution is 2.68. The van der Waals surface area contributed by atoms with Crippen LogP contribution >= 0.6 is 0 Å². The summed E-state index contributed by atoms with van der Waals surface area (Å²) >= 11 is 0. The third kappa shape index (κ3) is 3.39. The minimum Gasteiger partial charge on any atom is -0.466 e. The van der Waals surface area contributed by atoms with Crippen LogP contribution in [0.25, 0.3) is 0 Å².